The maximum atomic E-state index is 12.1. The fourth-order valence-corrected chi connectivity index (χ4v) is 2.94. The molecule has 0 aliphatic rings. The van der Waals surface area contributed by atoms with Crippen molar-refractivity contribution in [3.8, 4) is 0 Å². The first-order valence-corrected chi connectivity index (χ1v) is 7.92. The molecular weight excluding hydrogens is 280 g/mol. The first-order chi connectivity index (χ1) is 9.38. The monoisotopic (exact) mass is 302 g/mol. The lowest BCUT2D eigenvalue weighted by Crippen LogP contribution is -2.26. The maximum absolute atomic E-state index is 12.1. The number of sulfonamides is 1. The highest BCUT2D eigenvalue weighted by molar-refractivity contribution is 7.89. The van der Waals surface area contributed by atoms with Crippen molar-refractivity contribution >= 4 is 15.7 Å². The summed E-state index contributed by atoms with van der Waals surface area (Å²) in [5.41, 5.74) is 7.86. The van der Waals surface area contributed by atoms with E-state index in [2.05, 4.69) is 4.72 Å². The maximum Gasteiger partial charge on any atom is 0.242 e. The van der Waals surface area contributed by atoms with E-state index < -0.39 is 10.0 Å². The quantitative estimate of drug-likeness (QED) is 0.481. The van der Waals surface area contributed by atoms with Crippen molar-refractivity contribution in [2.24, 2.45) is 0 Å². The summed E-state index contributed by atoms with van der Waals surface area (Å²) in [6.45, 7) is 4.61. The number of ether oxygens (including phenoxy) is 1. The van der Waals surface area contributed by atoms with Crippen LogP contribution in [0, 0.1) is 13.8 Å². The van der Waals surface area contributed by atoms with Crippen LogP contribution in [0.3, 0.4) is 0 Å². The second-order valence-electron chi connectivity index (χ2n) is 4.56. The van der Waals surface area contributed by atoms with E-state index in [0.717, 1.165) is 11.1 Å². The molecule has 0 atom stereocenters. The molecule has 0 bridgehead atoms. The van der Waals surface area contributed by atoms with E-state index in [0.29, 0.717) is 13.0 Å². The Morgan fingerprint density at radius 3 is 2.55 bits per heavy atom. The van der Waals surface area contributed by atoms with Crippen molar-refractivity contribution in [3.63, 3.8) is 0 Å². The van der Waals surface area contributed by atoms with E-state index in [1.165, 1.54) is 0 Å². The lowest BCUT2D eigenvalue weighted by molar-refractivity contribution is 0.0913. The molecule has 1 aromatic rings. The van der Waals surface area contributed by atoms with Crippen LogP contribution in [0.5, 0.6) is 0 Å². The van der Waals surface area contributed by atoms with Gasteiger partial charge in [0.25, 0.3) is 0 Å². The van der Waals surface area contributed by atoms with E-state index in [-0.39, 0.29) is 30.3 Å². The van der Waals surface area contributed by atoms with Gasteiger partial charge in [0.15, 0.2) is 0 Å². The number of hydrogen-bond acceptors (Lipinski definition) is 5. The summed E-state index contributed by atoms with van der Waals surface area (Å²) < 4.78 is 31.8. The van der Waals surface area contributed by atoms with Gasteiger partial charge < -0.3 is 15.6 Å². The number of benzene rings is 1. The standard InChI is InChI=1S/C13H22N2O4S/c1-10-8-12(14)13(9-11(10)2)20(17,18)15-4-3-6-19-7-5-16/h8-9,15-16H,3-7,14H2,1-2H3. The third-order valence-corrected chi connectivity index (χ3v) is 4.43. The van der Waals surface area contributed by atoms with Gasteiger partial charge in [-0.25, -0.2) is 13.1 Å². The van der Waals surface area contributed by atoms with Crippen LogP contribution in [0.15, 0.2) is 17.0 Å². The Balaban J connectivity index is 2.63. The molecule has 0 aliphatic carbocycles. The summed E-state index contributed by atoms with van der Waals surface area (Å²) in [7, 11) is -3.60. The Hall–Kier alpha value is -1.15. The molecule has 1 rings (SSSR count). The minimum atomic E-state index is -3.60. The van der Waals surface area contributed by atoms with E-state index in [9.17, 15) is 8.42 Å². The normalized spacial score (nSPS) is 11.8. The van der Waals surface area contributed by atoms with Gasteiger partial charge in [-0.1, -0.05) is 0 Å². The van der Waals surface area contributed by atoms with Crippen molar-refractivity contribution in [2.45, 2.75) is 25.2 Å². The van der Waals surface area contributed by atoms with Crippen LogP contribution in [0.4, 0.5) is 5.69 Å². The van der Waals surface area contributed by atoms with Gasteiger partial charge in [-0.15, -0.1) is 0 Å². The molecule has 0 aromatic heterocycles. The van der Waals surface area contributed by atoms with Crippen molar-refractivity contribution in [1.82, 2.24) is 4.72 Å². The fourth-order valence-electron chi connectivity index (χ4n) is 1.67. The number of aryl methyl sites for hydroxylation is 2. The predicted molar refractivity (Wildman–Crippen MR) is 78.0 cm³/mol. The van der Waals surface area contributed by atoms with Gasteiger partial charge in [-0.05, 0) is 43.5 Å². The zero-order chi connectivity index (χ0) is 15.2. The highest BCUT2D eigenvalue weighted by Gasteiger charge is 2.17. The Morgan fingerprint density at radius 2 is 1.90 bits per heavy atom. The molecule has 0 heterocycles. The van der Waals surface area contributed by atoms with E-state index >= 15 is 0 Å². The highest BCUT2D eigenvalue weighted by Crippen LogP contribution is 2.22. The Kier molecular flexibility index (Phi) is 6.41. The molecule has 6 nitrogen and oxygen atoms in total. The molecule has 20 heavy (non-hydrogen) atoms. The number of hydrogen-bond donors (Lipinski definition) is 3. The number of aliphatic hydroxyl groups excluding tert-OH is 1. The molecule has 0 saturated carbocycles. The van der Waals surface area contributed by atoms with Gasteiger partial charge in [0.05, 0.1) is 18.9 Å². The summed E-state index contributed by atoms with van der Waals surface area (Å²) in [5, 5.41) is 8.53. The number of nitrogen functional groups attached to an aromatic ring is 1. The van der Waals surface area contributed by atoms with Gasteiger partial charge in [0.1, 0.15) is 4.90 Å². The first kappa shape index (κ1) is 16.9. The molecule has 0 unspecified atom stereocenters. The number of nitrogens with one attached hydrogen (secondary N) is 1. The Morgan fingerprint density at radius 1 is 1.25 bits per heavy atom. The summed E-state index contributed by atoms with van der Waals surface area (Å²) in [6.07, 6.45) is 0.532. The zero-order valence-electron chi connectivity index (χ0n) is 11.8. The van der Waals surface area contributed by atoms with Crippen molar-refractivity contribution < 1.29 is 18.3 Å². The number of nitrogens with two attached hydrogens (primary N) is 1. The largest absolute Gasteiger partial charge is 0.398 e. The Bertz CT molecular complexity index is 544. The minimum Gasteiger partial charge on any atom is -0.398 e. The van der Waals surface area contributed by atoms with Crippen molar-refractivity contribution in [2.75, 3.05) is 32.1 Å². The van der Waals surface area contributed by atoms with Crippen molar-refractivity contribution in [1.29, 1.82) is 0 Å². The second kappa shape index (κ2) is 7.58. The smallest absolute Gasteiger partial charge is 0.242 e. The zero-order valence-corrected chi connectivity index (χ0v) is 12.7. The molecule has 0 aliphatic heterocycles. The molecule has 4 N–H and O–H groups in total. The predicted octanol–water partition coefficient (Wildman–Crippen LogP) is 0.563. The Labute approximate surface area is 120 Å². The van der Waals surface area contributed by atoms with Crippen LogP contribution in [-0.2, 0) is 14.8 Å². The molecular formula is C13H22N2O4S. The van der Waals surface area contributed by atoms with Crippen LogP contribution < -0.4 is 10.5 Å². The van der Waals surface area contributed by atoms with Gasteiger partial charge in [0, 0.05) is 13.2 Å². The van der Waals surface area contributed by atoms with Crippen LogP contribution in [0.1, 0.15) is 17.5 Å². The molecule has 0 fully saturated rings. The summed E-state index contributed by atoms with van der Waals surface area (Å²) in [5.74, 6) is 0. The third kappa shape index (κ3) is 4.75. The van der Waals surface area contributed by atoms with E-state index in [4.69, 9.17) is 15.6 Å². The molecule has 0 radical (unpaired) electrons. The average Bonchev–Trinajstić information content (AvgIpc) is 2.37. The summed E-state index contributed by atoms with van der Waals surface area (Å²) in [6, 6.07) is 3.24. The van der Waals surface area contributed by atoms with Gasteiger partial charge in [-0.2, -0.15) is 0 Å². The van der Waals surface area contributed by atoms with Gasteiger partial charge >= 0.3 is 0 Å². The van der Waals surface area contributed by atoms with Crippen LogP contribution in [0.2, 0.25) is 0 Å². The molecule has 114 valence electrons. The SMILES string of the molecule is Cc1cc(N)c(S(=O)(=O)NCCCOCCO)cc1C. The van der Waals surface area contributed by atoms with Crippen molar-refractivity contribution in [3.05, 3.63) is 23.3 Å². The minimum absolute atomic E-state index is 0.0368. The molecule has 7 heteroatoms. The summed E-state index contributed by atoms with van der Waals surface area (Å²) in [4.78, 5) is 0.108. The number of rotatable bonds is 8. The van der Waals surface area contributed by atoms with Crippen LogP contribution in [-0.4, -0.2) is 39.9 Å². The van der Waals surface area contributed by atoms with E-state index in [1.807, 2.05) is 13.8 Å². The van der Waals surface area contributed by atoms with E-state index in [1.54, 1.807) is 12.1 Å². The summed E-state index contributed by atoms with van der Waals surface area (Å²) >= 11 is 0. The van der Waals surface area contributed by atoms with Gasteiger partial charge in [-0.3, -0.25) is 0 Å². The third-order valence-electron chi connectivity index (χ3n) is 2.91. The average molecular weight is 302 g/mol. The molecule has 1 aromatic carbocycles. The lowest BCUT2D eigenvalue weighted by Gasteiger charge is -2.11. The topological polar surface area (TPSA) is 102 Å². The van der Waals surface area contributed by atoms with Crippen LogP contribution in [0.25, 0.3) is 0 Å². The highest BCUT2D eigenvalue weighted by atomic mass is 32.2. The first-order valence-electron chi connectivity index (χ1n) is 6.43. The number of aliphatic hydroxyl groups is 1. The molecule has 0 amide bonds. The molecule has 0 saturated heterocycles. The fraction of sp³-hybridized carbons (Fsp3) is 0.538. The second-order valence-corrected chi connectivity index (χ2v) is 6.30. The number of anilines is 1. The van der Waals surface area contributed by atoms with Crippen LogP contribution >= 0.6 is 0 Å². The lowest BCUT2D eigenvalue weighted by atomic mass is 10.1. The molecule has 0 spiro atoms. The van der Waals surface area contributed by atoms with Gasteiger partial charge in [0.2, 0.25) is 10.0 Å².